The Bertz CT molecular complexity index is 4330. The van der Waals surface area contributed by atoms with Crippen molar-refractivity contribution < 1.29 is 106 Å². The normalized spacial score (nSPS) is 23.8. The van der Waals surface area contributed by atoms with Crippen LogP contribution in [-0.4, -0.2) is 251 Å². The minimum Gasteiger partial charge on any atom is -0.508 e. The van der Waals surface area contributed by atoms with Gasteiger partial charge in [0.25, 0.3) is 0 Å². The van der Waals surface area contributed by atoms with Crippen molar-refractivity contribution in [2.75, 3.05) is 177 Å². The van der Waals surface area contributed by atoms with Crippen molar-refractivity contribution in [3.05, 3.63) is 207 Å². The molecular formula is C92H109BrClFN8O21. The molecule has 0 spiro atoms. The summed E-state index contributed by atoms with van der Waals surface area (Å²) in [6.07, 6.45) is -1.09. The van der Waals surface area contributed by atoms with Crippen LogP contribution in [0.5, 0.6) is 51.7 Å². The maximum absolute atomic E-state index is 14.2. The second kappa shape index (κ2) is 40.6. The van der Waals surface area contributed by atoms with Gasteiger partial charge in [-0.25, -0.2) is 4.39 Å². The molecular weight excluding hydrogens is 1690 g/mol. The first-order chi connectivity index (χ1) is 59.3. The lowest BCUT2D eigenvalue weighted by Crippen LogP contribution is -2.48. The number of anilines is 4. The molecule has 664 valence electrons. The van der Waals surface area contributed by atoms with Gasteiger partial charge in [-0.3, -0.25) is 19.2 Å². The van der Waals surface area contributed by atoms with Crippen LogP contribution < -0.4 is 38.5 Å². The third-order valence-corrected chi connectivity index (χ3v) is 24.0. The van der Waals surface area contributed by atoms with Gasteiger partial charge < -0.3 is 122 Å². The highest BCUT2D eigenvalue weighted by Crippen LogP contribution is 2.44. The van der Waals surface area contributed by atoms with Gasteiger partial charge in [0, 0.05) is 188 Å². The van der Waals surface area contributed by atoms with E-state index in [9.17, 15) is 49.1 Å². The average molecular weight is 1800 g/mol. The summed E-state index contributed by atoms with van der Waals surface area (Å²) >= 11 is 9.71. The van der Waals surface area contributed by atoms with E-state index in [0.29, 0.717) is 61.5 Å². The second-order valence-electron chi connectivity index (χ2n) is 31.9. The van der Waals surface area contributed by atoms with E-state index in [4.69, 9.17) is 68.4 Å². The summed E-state index contributed by atoms with van der Waals surface area (Å²) in [7, 11) is 0. The minimum atomic E-state index is -1.22. The minimum absolute atomic E-state index is 0.0214. The number of carbonyl (C=O) groups is 4. The number of rotatable bonds is 20. The number of phenols is 5. The predicted octanol–water partition coefficient (Wildman–Crippen LogP) is 12.2. The Morgan fingerprint density at radius 1 is 0.355 bits per heavy atom. The molecule has 124 heavy (non-hydrogen) atoms. The topological polar surface area (TPSA) is 306 Å². The highest BCUT2D eigenvalue weighted by molar-refractivity contribution is 9.10. The van der Waals surface area contributed by atoms with Gasteiger partial charge in [-0.2, -0.15) is 0 Å². The fourth-order valence-corrected chi connectivity index (χ4v) is 16.9. The molecule has 0 radical (unpaired) electrons. The van der Waals surface area contributed by atoms with Crippen LogP contribution in [0.3, 0.4) is 0 Å². The molecule has 0 aliphatic carbocycles. The molecule has 29 nitrogen and oxygen atoms in total. The zero-order valence-corrected chi connectivity index (χ0v) is 73.3. The lowest BCUT2D eigenvalue weighted by atomic mass is 10.1. The fourth-order valence-electron chi connectivity index (χ4n) is 15.9. The highest BCUT2D eigenvalue weighted by Gasteiger charge is 2.45. The summed E-state index contributed by atoms with van der Waals surface area (Å²) in [6, 6.07) is 49.6. The number of carbonyl (C=O) groups excluding carboxylic acids is 4. The molecule has 8 unspecified atom stereocenters. The van der Waals surface area contributed by atoms with Crippen LogP contribution in [0.15, 0.2) is 174 Å². The predicted molar refractivity (Wildman–Crippen MR) is 465 cm³/mol. The molecule has 8 heterocycles. The Morgan fingerprint density at radius 2 is 0.605 bits per heavy atom. The standard InChI is InChI=1S/C23H27BrN2O5.C23H27ClN2O5.C23H27FN2O5.C23H28N2O6/c3*1-16(27)25-9-11-26(12-10-25)17-3-6-19(7-4-17)29-14-20-15-30-23(2,31-20)21-8-5-18(28)13-22(21)24;1-16(26)24-9-11-25(12-10-24)17-3-6-19(7-4-17)29-14-20-15-30-23(2,31-20)21-8-5-18(27)13-22(21)28/h3*3-8,13,20,28H,9-12,14-15H2,1-2H3;3-8,13,20,27-28H,9-12,14-15H2,1-2H3. The Balaban J connectivity index is 0.000000142. The smallest absolute Gasteiger partial charge is 0.219 e. The molecule has 5 N–H and O–H groups in total. The monoisotopic (exact) mass is 1790 g/mol. The molecule has 8 saturated heterocycles. The van der Waals surface area contributed by atoms with E-state index in [0.717, 1.165) is 161 Å². The van der Waals surface area contributed by atoms with E-state index in [1.807, 2.05) is 131 Å². The second-order valence-corrected chi connectivity index (χ2v) is 33.1. The number of aromatic hydroxyl groups is 5. The summed E-state index contributed by atoms with van der Waals surface area (Å²) < 4.78 is 85.9. The molecule has 8 atom stereocenters. The molecule has 4 amide bonds. The maximum atomic E-state index is 14.2. The highest BCUT2D eigenvalue weighted by atomic mass is 79.9. The zero-order chi connectivity index (χ0) is 88.0. The van der Waals surface area contributed by atoms with E-state index < -0.39 is 29.0 Å². The van der Waals surface area contributed by atoms with E-state index in [1.165, 1.54) is 30.3 Å². The molecule has 0 aromatic heterocycles. The van der Waals surface area contributed by atoms with Gasteiger partial charge in [-0.15, -0.1) is 0 Å². The molecule has 16 rings (SSSR count). The van der Waals surface area contributed by atoms with E-state index in [-0.39, 0.29) is 95.6 Å². The van der Waals surface area contributed by atoms with E-state index in [2.05, 4.69) is 35.5 Å². The third-order valence-electron chi connectivity index (χ3n) is 23.0. The molecule has 8 fully saturated rings. The molecule has 32 heteroatoms. The number of amides is 4. The molecule has 8 aliphatic rings. The summed E-state index contributed by atoms with van der Waals surface area (Å²) in [6.45, 7) is 28.7. The van der Waals surface area contributed by atoms with Crippen LogP contribution in [0.25, 0.3) is 0 Å². The van der Waals surface area contributed by atoms with E-state index >= 15 is 0 Å². The number of halogens is 3. The SMILES string of the molecule is CC(=O)N1CCN(c2ccc(OCC3COC(C)(c4ccc(O)cc4Br)O3)cc2)CC1.CC(=O)N1CCN(c2ccc(OCC3COC(C)(c4ccc(O)cc4Cl)O3)cc2)CC1.CC(=O)N1CCN(c2ccc(OCC3COC(C)(c4ccc(O)cc4F)O3)cc2)CC1.CC(=O)N1CCN(c2ccc(OCC3COC(C)(c4ccc(O)cc4O)O3)cc2)CC1. The molecule has 8 aromatic rings. The molecule has 0 bridgehead atoms. The Morgan fingerprint density at radius 3 is 0.887 bits per heavy atom. The lowest BCUT2D eigenvalue weighted by Gasteiger charge is -2.35. The van der Waals surface area contributed by atoms with E-state index in [1.54, 1.807) is 77.9 Å². The van der Waals surface area contributed by atoms with Crippen LogP contribution in [0.1, 0.15) is 77.6 Å². The van der Waals surface area contributed by atoms with Crippen LogP contribution in [0, 0.1) is 5.82 Å². The zero-order valence-electron chi connectivity index (χ0n) is 70.9. The molecule has 8 aromatic carbocycles. The van der Waals surface area contributed by atoms with Gasteiger partial charge in [-0.1, -0.05) is 27.5 Å². The number of nitrogens with zero attached hydrogens (tertiary/aromatic N) is 8. The first-order valence-electron chi connectivity index (χ1n) is 41.6. The third kappa shape index (κ3) is 23.3. The fraction of sp³-hybridized carbons (Fsp3) is 0.435. The van der Waals surface area contributed by atoms with Gasteiger partial charge in [0.1, 0.15) is 108 Å². The number of hydrogen-bond acceptors (Lipinski definition) is 25. The van der Waals surface area contributed by atoms with Gasteiger partial charge in [-0.05, 0) is 185 Å². The van der Waals surface area contributed by atoms with Crippen LogP contribution in [0.4, 0.5) is 27.1 Å². The number of ether oxygens (including phenoxy) is 12. The first kappa shape index (κ1) is 91.1. The average Bonchev–Trinajstić information content (AvgIpc) is 1.60. The van der Waals surface area contributed by atoms with Crippen molar-refractivity contribution in [3.8, 4) is 51.7 Å². The quantitative estimate of drug-likeness (QED) is 0.0473. The van der Waals surface area contributed by atoms with Gasteiger partial charge >= 0.3 is 0 Å². The molecule has 8 aliphatic heterocycles. The molecule has 0 saturated carbocycles. The first-order valence-corrected chi connectivity index (χ1v) is 42.7. The van der Waals surface area contributed by atoms with Crippen molar-refractivity contribution in [3.63, 3.8) is 0 Å². The summed E-state index contributed by atoms with van der Waals surface area (Å²) in [5.41, 5.74) is 6.62. The van der Waals surface area contributed by atoms with Gasteiger partial charge in [0.2, 0.25) is 23.6 Å². The van der Waals surface area contributed by atoms with Crippen molar-refractivity contribution >= 4 is 73.9 Å². The Hall–Kier alpha value is -10.6. The summed E-state index contributed by atoms with van der Waals surface area (Å²) in [5, 5.41) is 48.6. The largest absolute Gasteiger partial charge is 0.508 e. The van der Waals surface area contributed by atoms with Crippen molar-refractivity contribution in [1.29, 1.82) is 0 Å². The van der Waals surface area contributed by atoms with Gasteiger partial charge in [0.05, 0.1) is 37.0 Å². The Kier molecular flexibility index (Phi) is 29.8. The van der Waals surface area contributed by atoms with Crippen molar-refractivity contribution in [1.82, 2.24) is 19.6 Å². The lowest BCUT2D eigenvalue weighted by molar-refractivity contribution is -0.166. The number of hydrogen-bond donors (Lipinski definition) is 5. The van der Waals surface area contributed by atoms with Crippen LogP contribution in [0.2, 0.25) is 5.02 Å². The van der Waals surface area contributed by atoms with Crippen molar-refractivity contribution in [2.45, 2.75) is 103 Å². The number of benzene rings is 8. The van der Waals surface area contributed by atoms with Gasteiger partial charge in [0.15, 0.2) is 23.1 Å². The number of piperazine rings is 4. The van der Waals surface area contributed by atoms with Crippen molar-refractivity contribution in [2.24, 2.45) is 0 Å². The number of phenolic OH excluding ortho intramolecular Hbond substituents is 5. The summed E-state index contributed by atoms with van der Waals surface area (Å²) in [4.78, 5) is 62.4. The maximum Gasteiger partial charge on any atom is 0.219 e. The summed E-state index contributed by atoms with van der Waals surface area (Å²) in [5.74, 6) is -1.28. The Labute approximate surface area is 734 Å². The van der Waals surface area contributed by atoms with Crippen LogP contribution in [-0.2, 0) is 80.2 Å². The van der Waals surface area contributed by atoms with Crippen LogP contribution >= 0.6 is 27.5 Å².